The zero-order chi connectivity index (χ0) is 19.0. The molecule has 0 unspecified atom stereocenters. The van der Waals surface area contributed by atoms with Crippen LogP contribution in [0, 0.1) is 11.3 Å². The molecule has 2 rings (SSSR count). The molecule has 4 nitrogen and oxygen atoms in total. The van der Waals surface area contributed by atoms with E-state index in [2.05, 4.69) is 44.6 Å². The van der Waals surface area contributed by atoms with Crippen LogP contribution in [0.3, 0.4) is 0 Å². The normalized spacial score (nSPS) is 11.8. The first-order valence-electron chi connectivity index (χ1n) is 9.45. The second-order valence-corrected chi connectivity index (χ2v) is 8.33. The van der Waals surface area contributed by atoms with Crippen LogP contribution in [0.15, 0.2) is 36.7 Å². The molecular formula is C22H32N2O2. The monoisotopic (exact) mass is 356 g/mol. The molecule has 1 heterocycles. The van der Waals surface area contributed by atoms with Crippen molar-refractivity contribution in [3.05, 3.63) is 42.4 Å². The molecule has 0 bridgehead atoms. The fourth-order valence-electron chi connectivity index (χ4n) is 2.48. The van der Waals surface area contributed by atoms with E-state index < -0.39 is 0 Å². The minimum atomic E-state index is 0.215. The van der Waals surface area contributed by atoms with Crippen LogP contribution in [0.1, 0.15) is 46.7 Å². The largest absolute Gasteiger partial charge is 0.494 e. The topological polar surface area (TPSA) is 44.2 Å². The highest BCUT2D eigenvalue weighted by atomic mass is 16.5. The Hall–Kier alpha value is -1.94. The Morgan fingerprint density at radius 1 is 0.962 bits per heavy atom. The van der Waals surface area contributed by atoms with Crippen molar-refractivity contribution in [1.29, 1.82) is 0 Å². The van der Waals surface area contributed by atoms with Gasteiger partial charge in [-0.1, -0.05) is 34.6 Å². The van der Waals surface area contributed by atoms with Gasteiger partial charge in [0.05, 0.1) is 30.8 Å². The molecule has 142 valence electrons. The summed E-state index contributed by atoms with van der Waals surface area (Å²) >= 11 is 0. The molecule has 1 aromatic carbocycles. The van der Waals surface area contributed by atoms with Crippen molar-refractivity contribution < 1.29 is 9.47 Å². The van der Waals surface area contributed by atoms with E-state index in [0.29, 0.717) is 12.5 Å². The summed E-state index contributed by atoms with van der Waals surface area (Å²) in [6, 6.07) is 8.01. The second-order valence-electron chi connectivity index (χ2n) is 8.33. The molecule has 0 fully saturated rings. The minimum absolute atomic E-state index is 0.215. The summed E-state index contributed by atoms with van der Waals surface area (Å²) in [7, 11) is 0. The smallest absolute Gasteiger partial charge is 0.119 e. The van der Waals surface area contributed by atoms with Gasteiger partial charge in [0.25, 0.3) is 0 Å². The fourth-order valence-corrected chi connectivity index (χ4v) is 2.48. The summed E-state index contributed by atoms with van der Waals surface area (Å²) in [5.74, 6) is 1.46. The molecule has 4 heteroatoms. The van der Waals surface area contributed by atoms with Crippen molar-refractivity contribution in [3.8, 4) is 17.0 Å². The number of benzene rings is 1. The first-order chi connectivity index (χ1) is 12.3. The Bertz CT molecular complexity index is 643. The van der Waals surface area contributed by atoms with E-state index in [0.717, 1.165) is 48.8 Å². The maximum Gasteiger partial charge on any atom is 0.119 e. The molecule has 0 radical (unpaired) electrons. The number of aromatic nitrogens is 2. The molecule has 0 spiro atoms. The third-order valence-electron chi connectivity index (χ3n) is 3.71. The fraction of sp³-hybridized carbons (Fsp3) is 0.545. The molecule has 1 aromatic heterocycles. The number of ether oxygens (including phenoxy) is 2. The SMILES string of the molecule is CC(C)Cc1cnc(-c2ccc(OCCCOCC(C)(C)C)cc2)cn1. The van der Waals surface area contributed by atoms with E-state index in [1.807, 2.05) is 36.7 Å². The second kappa shape index (κ2) is 9.67. The van der Waals surface area contributed by atoms with Crippen LogP contribution in [-0.4, -0.2) is 29.8 Å². The molecule has 0 aliphatic carbocycles. The van der Waals surface area contributed by atoms with Crippen LogP contribution in [0.2, 0.25) is 0 Å². The van der Waals surface area contributed by atoms with Crippen LogP contribution in [-0.2, 0) is 11.2 Å². The molecule has 0 saturated heterocycles. The van der Waals surface area contributed by atoms with Crippen molar-refractivity contribution in [2.24, 2.45) is 11.3 Å². The third kappa shape index (κ3) is 7.52. The van der Waals surface area contributed by atoms with Crippen molar-refractivity contribution in [1.82, 2.24) is 9.97 Å². The van der Waals surface area contributed by atoms with Gasteiger partial charge in [-0.05, 0) is 42.0 Å². The van der Waals surface area contributed by atoms with Gasteiger partial charge in [0.1, 0.15) is 5.75 Å². The number of hydrogen-bond donors (Lipinski definition) is 0. The Labute approximate surface area is 158 Å². The molecule has 0 aliphatic rings. The lowest BCUT2D eigenvalue weighted by atomic mass is 9.99. The average molecular weight is 357 g/mol. The predicted molar refractivity (Wildman–Crippen MR) is 106 cm³/mol. The van der Waals surface area contributed by atoms with Crippen LogP contribution in [0.5, 0.6) is 5.75 Å². The summed E-state index contributed by atoms with van der Waals surface area (Å²) in [6.07, 6.45) is 5.57. The van der Waals surface area contributed by atoms with Crippen molar-refractivity contribution in [2.45, 2.75) is 47.5 Å². The van der Waals surface area contributed by atoms with Gasteiger partial charge in [-0.3, -0.25) is 9.97 Å². The minimum Gasteiger partial charge on any atom is -0.494 e. The van der Waals surface area contributed by atoms with Crippen molar-refractivity contribution >= 4 is 0 Å². The van der Waals surface area contributed by atoms with Gasteiger partial charge in [-0.2, -0.15) is 0 Å². The molecule has 26 heavy (non-hydrogen) atoms. The standard InChI is InChI=1S/C22H32N2O2/c1-17(2)13-19-14-24-21(15-23-19)18-7-9-20(10-8-18)26-12-6-11-25-16-22(3,4)5/h7-10,14-15,17H,6,11-13,16H2,1-5H3. The van der Waals surface area contributed by atoms with Gasteiger partial charge >= 0.3 is 0 Å². The van der Waals surface area contributed by atoms with E-state index >= 15 is 0 Å². The first-order valence-corrected chi connectivity index (χ1v) is 9.45. The van der Waals surface area contributed by atoms with Crippen molar-refractivity contribution in [3.63, 3.8) is 0 Å². The Morgan fingerprint density at radius 3 is 2.27 bits per heavy atom. The Morgan fingerprint density at radius 2 is 1.69 bits per heavy atom. The summed E-state index contributed by atoms with van der Waals surface area (Å²) in [5, 5.41) is 0. The van der Waals surface area contributed by atoms with Crippen LogP contribution in [0.25, 0.3) is 11.3 Å². The Balaban J connectivity index is 1.77. The highest BCUT2D eigenvalue weighted by molar-refractivity contribution is 5.58. The molecule has 0 saturated carbocycles. The summed E-state index contributed by atoms with van der Waals surface area (Å²) in [6.45, 7) is 13.1. The van der Waals surface area contributed by atoms with Gasteiger partial charge in [-0.25, -0.2) is 0 Å². The van der Waals surface area contributed by atoms with E-state index in [1.165, 1.54) is 0 Å². The van der Waals surface area contributed by atoms with Gasteiger partial charge in [-0.15, -0.1) is 0 Å². The van der Waals surface area contributed by atoms with Gasteiger partial charge in [0.15, 0.2) is 0 Å². The van der Waals surface area contributed by atoms with Crippen LogP contribution in [0.4, 0.5) is 0 Å². The maximum atomic E-state index is 5.78. The van der Waals surface area contributed by atoms with Gasteiger partial charge < -0.3 is 9.47 Å². The number of nitrogens with zero attached hydrogens (tertiary/aromatic N) is 2. The van der Waals surface area contributed by atoms with Crippen LogP contribution >= 0.6 is 0 Å². The highest BCUT2D eigenvalue weighted by Gasteiger charge is 2.09. The van der Waals surface area contributed by atoms with E-state index in [-0.39, 0.29) is 5.41 Å². The summed E-state index contributed by atoms with van der Waals surface area (Å²) < 4.78 is 11.4. The molecule has 0 N–H and O–H groups in total. The zero-order valence-electron chi connectivity index (χ0n) is 16.8. The first kappa shape index (κ1) is 20.4. The lowest BCUT2D eigenvalue weighted by Crippen LogP contribution is -2.15. The number of rotatable bonds is 9. The number of hydrogen-bond acceptors (Lipinski definition) is 4. The van der Waals surface area contributed by atoms with E-state index in [9.17, 15) is 0 Å². The lowest BCUT2D eigenvalue weighted by molar-refractivity contribution is 0.0634. The van der Waals surface area contributed by atoms with Crippen LogP contribution < -0.4 is 4.74 Å². The maximum absolute atomic E-state index is 5.78. The van der Waals surface area contributed by atoms with E-state index in [1.54, 1.807) is 0 Å². The quantitative estimate of drug-likeness (QED) is 0.581. The van der Waals surface area contributed by atoms with Crippen molar-refractivity contribution in [2.75, 3.05) is 19.8 Å². The van der Waals surface area contributed by atoms with E-state index in [4.69, 9.17) is 9.47 Å². The molecule has 2 aromatic rings. The molecule has 0 atom stereocenters. The zero-order valence-corrected chi connectivity index (χ0v) is 16.8. The summed E-state index contributed by atoms with van der Waals surface area (Å²) in [4.78, 5) is 9.03. The average Bonchev–Trinajstić information content (AvgIpc) is 2.58. The lowest BCUT2D eigenvalue weighted by Gasteiger charge is -2.17. The van der Waals surface area contributed by atoms with Gasteiger partial charge in [0, 0.05) is 24.8 Å². The molecular weight excluding hydrogens is 324 g/mol. The predicted octanol–water partition coefficient (Wildman–Crippen LogP) is 5.17. The van der Waals surface area contributed by atoms with Gasteiger partial charge in [0.2, 0.25) is 0 Å². The summed E-state index contributed by atoms with van der Waals surface area (Å²) in [5.41, 5.74) is 3.19. The Kier molecular flexibility index (Phi) is 7.58. The molecule has 0 amide bonds. The molecule has 0 aliphatic heterocycles. The highest BCUT2D eigenvalue weighted by Crippen LogP contribution is 2.20. The third-order valence-corrected chi connectivity index (χ3v) is 3.71.